The minimum absolute atomic E-state index is 0.213. The molecular weight excluding hydrogens is 467 g/mol. The summed E-state index contributed by atoms with van der Waals surface area (Å²) in [5, 5.41) is 3.96. The molecule has 0 aromatic heterocycles. The molecule has 0 atom stereocenters. The zero-order chi connectivity index (χ0) is 22.2. The second-order valence-electron chi connectivity index (χ2n) is 6.25. The largest absolute Gasteiger partial charge is 0.490 e. The average molecular weight is 485 g/mol. The minimum Gasteiger partial charge on any atom is -0.490 e. The lowest BCUT2D eigenvalue weighted by Crippen LogP contribution is -2.17. The van der Waals surface area contributed by atoms with Gasteiger partial charge in [-0.15, -0.1) is 0 Å². The highest BCUT2D eigenvalue weighted by molar-refractivity contribution is 9.10. The first kappa shape index (κ1) is 22.2. The number of carbonyl (C=O) groups is 2. The number of ether oxygens (including phenoxy) is 2. The molecule has 0 heterocycles. The zero-order valence-electron chi connectivity index (χ0n) is 16.5. The van der Waals surface area contributed by atoms with Crippen molar-refractivity contribution in [2.75, 3.05) is 6.61 Å². The fourth-order valence-electron chi connectivity index (χ4n) is 2.56. The van der Waals surface area contributed by atoms with Crippen molar-refractivity contribution >= 4 is 34.0 Å². The van der Waals surface area contributed by atoms with Crippen LogP contribution in [-0.2, 0) is 0 Å². The van der Waals surface area contributed by atoms with Gasteiger partial charge in [0.05, 0.1) is 18.4 Å². The van der Waals surface area contributed by atoms with Gasteiger partial charge in [0.15, 0.2) is 11.5 Å². The molecule has 3 aromatic rings. The zero-order valence-corrected chi connectivity index (χ0v) is 18.1. The second-order valence-corrected chi connectivity index (χ2v) is 7.16. The van der Waals surface area contributed by atoms with Crippen molar-refractivity contribution in [2.45, 2.75) is 6.92 Å². The highest BCUT2D eigenvalue weighted by Gasteiger charge is 2.13. The molecule has 0 bridgehead atoms. The van der Waals surface area contributed by atoms with E-state index >= 15 is 0 Å². The molecule has 0 fully saturated rings. The Bertz CT molecular complexity index is 1120. The Morgan fingerprint density at radius 3 is 2.52 bits per heavy atom. The summed E-state index contributed by atoms with van der Waals surface area (Å²) < 4.78 is 24.8. The summed E-state index contributed by atoms with van der Waals surface area (Å²) in [5.41, 5.74) is 3.75. The smallest absolute Gasteiger partial charge is 0.343 e. The van der Waals surface area contributed by atoms with Crippen molar-refractivity contribution in [3.05, 3.63) is 93.7 Å². The SMILES string of the molecule is CCOc1cc(/C=N/NC(=O)c2cccc(Br)c2)ccc1OC(=O)c1ccc(F)cc1. The van der Waals surface area contributed by atoms with Gasteiger partial charge >= 0.3 is 5.97 Å². The Morgan fingerprint density at radius 1 is 1.03 bits per heavy atom. The molecule has 0 saturated carbocycles. The van der Waals surface area contributed by atoms with Crippen molar-refractivity contribution in [1.82, 2.24) is 5.43 Å². The summed E-state index contributed by atoms with van der Waals surface area (Å²) in [5.74, 6) is -0.884. The first-order chi connectivity index (χ1) is 15.0. The Hall–Kier alpha value is -3.52. The van der Waals surface area contributed by atoms with E-state index < -0.39 is 11.8 Å². The molecule has 0 saturated heterocycles. The van der Waals surface area contributed by atoms with Crippen LogP contribution in [-0.4, -0.2) is 24.7 Å². The molecule has 31 heavy (non-hydrogen) atoms. The summed E-state index contributed by atoms with van der Waals surface area (Å²) in [7, 11) is 0. The number of hydrogen-bond acceptors (Lipinski definition) is 5. The number of halogens is 2. The van der Waals surface area contributed by atoms with Gasteiger partial charge < -0.3 is 9.47 Å². The standard InChI is InChI=1S/C23H18BrFN2O4/c1-2-30-21-12-15(14-26-27-22(28)17-4-3-5-18(24)13-17)6-11-20(21)31-23(29)16-7-9-19(25)10-8-16/h3-14H,2H2,1H3,(H,27,28)/b26-14+. The summed E-state index contributed by atoms with van der Waals surface area (Å²) >= 11 is 3.31. The number of hydrogen-bond donors (Lipinski definition) is 1. The normalized spacial score (nSPS) is 10.7. The Kier molecular flexibility index (Phi) is 7.50. The molecule has 1 N–H and O–H groups in total. The summed E-state index contributed by atoms with van der Waals surface area (Å²) in [4.78, 5) is 24.4. The Labute approximate surface area is 186 Å². The maximum atomic E-state index is 13.0. The van der Waals surface area contributed by atoms with Crippen LogP contribution >= 0.6 is 15.9 Å². The van der Waals surface area contributed by atoms with Crippen LogP contribution in [0.4, 0.5) is 4.39 Å². The lowest BCUT2D eigenvalue weighted by Gasteiger charge is -2.11. The van der Waals surface area contributed by atoms with E-state index in [1.54, 1.807) is 43.3 Å². The second kappa shape index (κ2) is 10.5. The minimum atomic E-state index is -0.636. The molecule has 0 unspecified atom stereocenters. The maximum Gasteiger partial charge on any atom is 0.343 e. The first-order valence-electron chi connectivity index (χ1n) is 9.30. The van der Waals surface area contributed by atoms with E-state index in [0.717, 1.165) is 4.47 Å². The van der Waals surface area contributed by atoms with Gasteiger partial charge in [0.25, 0.3) is 5.91 Å². The van der Waals surface area contributed by atoms with E-state index in [9.17, 15) is 14.0 Å². The number of amides is 1. The monoisotopic (exact) mass is 484 g/mol. The van der Waals surface area contributed by atoms with E-state index in [1.165, 1.54) is 30.5 Å². The Morgan fingerprint density at radius 2 is 1.81 bits per heavy atom. The van der Waals surface area contributed by atoms with Gasteiger partial charge in [0.1, 0.15) is 5.82 Å². The van der Waals surface area contributed by atoms with Crippen molar-refractivity contribution in [1.29, 1.82) is 0 Å². The number of benzene rings is 3. The summed E-state index contributed by atoms with van der Waals surface area (Å²) in [6.45, 7) is 2.14. The fraction of sp³-hybridized carbons (Fsp3) is 0.0870. The molecule has 1 amide bonds. The predicted molar refractivity (Wildman–Crippen MR) is 118 cm³/mol. The van der Waals surface area contributed by atoms with E-state index in [1.807, 2.05) is 6.07 Å². The lowest BCUT2D eigenvalue weighted by atomic mass is 10.2. The van der Waals surface area contributed by atoms with Crippen LogP contribution in [0.25, 0.3) is 0 Å². The van der Waals surface area contributed by atoms with Crippen molar-refractivity contribution in [3.63, 3.8) is 0 Å². The molecule has 0 aliphatic carbocycles. The highest BCUT2D eigenvalue weighted by Crippen LogP contribution is 2.29. The lowest BCUT2D eigenvalue weighted by molar-refractivity contribution is 0.0728. The number of carbonyl (C=O) groups excluding carboxylic acids is 2. The summed E-state index contributed by atoms with van der Waals surface area (Å²) in [6.07, 6.45) is 1.45. The van der Waals surface area contributed by atoms with E-state index in [0.29, 0.717) is 23.5 Å². The van der Waals surface area contributed by atoms with E-state index in [-0.39, 0.29) is 17.2 Å². The quantitative estimate of drug-likeness (QED) is 0.222. The molecule has 6 nitrogen and oxygen atoms in total. The number of nitrogens with one attached hydrogen (secondary N) is 1. The number of nitrogens with zero attached hydrogens (tertiary/aromatic N) is 1. The molecular formula is C23H18BrFN2O4. The highest BCUT2D eigenvalue weighted by atomic mass is 79.9. The van der Waals surface area contributed by atoms with Gasteiger partial charge in [-0.05, 0) is 73.2 Å². The van der Waals surface area contributed by atoms with E-state index in [4.69, 9.17) is 9.47 Å². The number of rotatable bonds is 7. The predicted octanol–water partition coefficient (Wildman–Crippen LogP) is 4.97. The van der Waals surface area contributed by atoms with Crippen molar-refractivity contribution < 1.29 is 23.5 Å². The fourth-order valence-corrected chi connectivity index (χ4v) is 2.96. The molecule has 0 aliphatic heterocycles. The van der Waals surface area contributed by atoms with Crippen molar-refractivity contribution in [2.24, 2.45) is 5.10 Å². The van der Waals surface area contributed by atoms with Crippen LogP contribution in [0.5, 0.6) is 11.5 Å². The summed E-state index contributed by atoms with van der Waals surface area (Å²) in [6, 6.07) is 16.8. The Balaban J connectivity index is 1.70. The number of esters is 1. The van der Waals surface area contributed by atoms with Crippen molar-refractivity contribution in [3.8, 4) is 11.5 Å². The maximum absolute atomic E-state index is 13.0. The molecule has 3 rings (SSSR count). The third-order valence-corrected chi connectivity index (χ3v) is 4.51. The van der Waals surface area contributed by atoms with Gasteiger partial charge in [-0.3, -0.25) is 4.79 Å². The van der Waals surface area contributed by atoms with Gasteiger partial charge in [-0.2, -0.15) is 5.10 Å². The third kappa shape index (κ3) is 6.23. The van der Waals surface area contributed by atoms with Gasteiger partial charge in [-0.1, -0.05) is 22.0 Å². The molecule has 0 spiro atoms. The average Bonchev–Trinajstić information content (AvgIpc) is 2.76. The first-order valence-corrected chi connectivity index (χ1v) is 10.1. The number of hydrazone groups is 1. The van der Waals surface area contributed by atoms with Gasteiger partial charge in [0.2, 0.25) is 0 Å². The van der Waals surface area contributed by atoms with Gasteiger partial charge in [-0.25, -0.2) is 14.6 Å². The molecule has 3 aromatic carbocycles. The third-order valence-electron chi connectivity index (χ3n) is 4.02. The van der Waals surface area contributed by atoms with Gasteiger partial charge in [0, 0.05) is 10.0 Å². The van der Waals surface area contributed by atoms with Crippen LogP contribution in [0.15, 0.2) is 76.3 Å². The van der Waals surface area contributed by atoms with Crippen LogP contribution in [0.1, 0.15) is 33.2 Å². The van der Waals surface area contributed by atoms with Crippen LogP contribution in [0.2, 0.25) is 0 Å². The van der Waals surface area contributed by atoms with Crippen LogP contribution in [0.3, 0.4) is 0 Å². The molecule has 0 aliphatic rings. The molecule has 8 heteroatoms. The van der Waals surface area contributed by atoms with Crippen LogP contribution < -0.4 is 14.9 Å². The molecule has 0 radical (unpaired) electrons. The topological polar surface area (TPSA) is 77.0 Å². The van der Waals surface area contributed by atoms with Crippen LogP contribution in [0, 0.1) is 5.82 Å². The van der Waals surface area contributed by atoms with E-state index in [2.05, 4.69) is 26.5 Å². The molecule has 158 valence electrons.